The van der Waals surface area contributed by atoms with Gasteiger partial charge in [0.15, 0.2) is 5.01 Å². The van der Waals surface area contributed by atoms with Gasteiger partial charge in [0.2, 0.25) is 0 Å². The molecule has 3 nitrogen and oxygen atoms in total. The van der Waals surface area contributed by atoms with Crippen molar-refractivity contribution in [1.82, 2.24) is 4.98 Å². The molecule has 0 bridgehead atoms. The fourth-order valence-corrected chi connectivity index (χ4v) is 2.48. The summed E-state index contributed by atoms with van der Waals surface area (Å²) in [6, 6.07) is 5.08. The molecule has 0 aliphatic carbocycles. The van der Waals surface area contributed by atoms with Gasteiger partial charge in [0.05, 0.1) is 12.0 Å². The molecule has 1 aromatic carbocycles. The van der Waals surface area contributed by atoms with E-state index in [-0.39, 0.29) is 6.54 Å². The van der Waals surface area contributed by atoms with Gasteiger partial charge in [-0.05, 0) is 29.3 Å². The number of benzene rings is 1. The largest absolute Gasteiger partial charge is 0.497 e. The van der Waals surface area contributed by atoms with Crippen LogP contribution in [0.3, 0.4) is 0 Å². The predicted molar refractivity (Wildman–Crippen MR) is 67.0 cm³/mol. The normalized spacial score (nSPS) is 11.6. The second-order valence-corrected chi connectivity index (χ2v) is 4.79. The first-order valence-electron chi connectivity index (χ1n) is 5.36. The lowest BCUT2D eigenvalue weighted by Gasteiger charge is -2.08. The summed E-state index contributed by atoms with van der Waals surface area (Å²) in [5.41, 5.74) is 6.98. The van der Waals surface area contributed by atoms with E-state index in [2.05, 4.69) is 4.98 Å². The second kappa shape index (κ2) is 5.18. The van der Waals surface area contributed by atoms with Gasteiger partial charge >= 0.3 is 6.18 Å². The Hall–Kier alpha value is -1.60. The minimum absolute atomic E-state index is 0.214. The standard InChI is InChI=1S/C12H11F3N2OS/c1-18-8-2-3-9(7(4-8)5-16)10-6-17-11(19-10)12(13,14)15/h2-4,6H,5,16H2,1H3. The molecule has 0 amide bonds. The fraction of sp³-hybridized carbons (Fsp3) is 0.250. The summed E-state index contributed by atoms with van der Waals surface area (Å²) in [6.07, 6.45) is -3.20. The number of methoxy groups -OCH3 is 1. The van der Waals surface area contributed by atoms with Gasteiger partial charge < -0.3 is 10.5 Å². The number of alkyl halides is 3. The second-order valence-electron chi connectivity index (χ2n) is 3.75. The van der Waals surface area contributed by atoms with Crippen molar-refractivity contribution < 1.29 is 17.9 Å². The molecule has 0 atom stereocenters. The molecule has 1 aromatic heterocycles. The molecule has 0 aliphatic rings. The minimum atomic E-state index is -4.42. The van der Waals surface area contributed by atoms with Crippen molar-refractivity contribution in [1.29, 1.82) is 0 Å². The molecular weight excluding hydrogens is 277 g/mol. The zero-order valence-corrected chi connectivity index (χ0v) is 10.8. The minimum Gasteiger partial charge on any atom is -0.497 e. The van der Waals surface area contributed by atoms with Gasteiger partial charge in [0.1, 0.15) is 5.75 Å². The molecule has 7 heteroatoms. The highest BCUT2D eigenvalue weighted by Crippen LogP contribution is 2.37. The van der Waals surface area contributed by atoms with E-state index in [0.29, 0.717) is 27.5 Å². The number of hydrogen-bond donors (Lipinski definition) is 1. The Morgan fingerprint density at radius 2 is 2.11 bits per heavy atom. The maximum Gasteiger partial charge on any atom is 0.443 e. The summed E-state index contributed by atoms with van der Waals surface area (Å²) in [5.74, 6) is 0.616. The first-order valence-corrected chi connectivity index (χ1v) is 6.17. The van der Waals surface area contributed by atoms with Crippen molar-refractivity contribution >= 4 is 11.3 Å². The third-order valence-corrected chi connectivity index (χ3v) is 3.62. The van der Waals surface area contributed by atoms with E-state index >= 15 is 0 Å². The first kappa shape index (κ1) is 13.8. The average molecular weight is 288 g/mol. The quantitative estimate of drug-likeness (QED) is 0.942. The molecule has 0 saturated carbocycles. The van der Waals surface area contributed by atoms with Gasteiger partial charge in [-0.1, -0.05) is 0 Å². The number of hydrogen-bond acceptors (Lipinski definition) is 4. The van der Waals surface area contributed by atoms with Crippen molar-refractivity contribution in [3.8, 4) is 16.2 Å². The number of nitrogens with zero attached hydrogens (tertiary/aromatic N) is 1. The van der Waals surface area contributed by atoms with Crippen LogP contribution in [0.4, 0.5) is 13.2 Å². The van der Waals surface area contributed by atoms with Gasteiger partial charge in [-0.25, -0.2) is 4.98 Å². The fourth-order valence-electron chi connectivity index (χ4n) is 1.64. The lowest BCUT2D eigenvalue weighted by Crippen LogP contribution is -2.02. The Morgan fingerprint density at radius 3 is 2.63 bits per heavy atom. The highest BCUT2D eigenvalue weighted by atomic mass is 32.1. The number of aromatic nitrogens is 1. The molecule has 0 fully saturated rings. The van der Waals surface area contributed by atoms with Crippen LogP contribution in [0.1, 0.15) is 10.6 Å². The molecule has 1 heterocycles. The number of halogens is 3. The topological polar surface area (TPSA) is 48.1 Å². The molecule has 0 saturated heterocycles. The van der Waals surface area contributed by atoms with E-state index in [4.69, 9.17) is 10.5 Å². The van der Waals surface area contributed by atoms with Gasteiger partial charge in [0.25, 0.3) is 0 Å². The molecule has 2 N–H and O–H groups in total. The Labute approximate surface area is 111 Å². The summed E-state index contributed by atoms with van der Waals surface area (Å²) in [7, 11) is 1.52. The smallest absolute Gasteiger partial charge is 0.443 e. The SMILES string of the molecule is COc1ccc(-c2cnc(C(F)(F)F)s2)c(CN)c1. The van der Waals surface area contributed by atoms with Crippen LogP contribution < -0.4 is 10.5 Å². The van der Waals surface area contributed by atoms with Gasteiger partial charge in [0, 0.05) is 12.7 Å². The van der Waals surface area contributed by atoms with Crippen molar-refractivity contribution in [2.75, 3.05) is 7.11 Å². The van der Waals surface area contributed by atoms with Crippen molar-refractivity contribution in [2.45, 2.75) is 12.7 Å². The summed E-state index contributed by atoms with van der Waals surface area (Å²) >= 11 is 0.603. The summed E-state index contributed by atoms with van der Waals surface area (Å²) in [6.45, 7) is 0.214. The predicted octanol–water partition coefficient (Wildman–Crippen LogP) is 3.30. The van der Waals surface area contributed by atoms with Crippen molar-refractivity contribution in [2.24, 2.45) is 5.73 Å². The monoisotopic (exact) mass is 288 g/mol. The summed E-state index contributed by atoms with van der Waals surface area (Å²) in [4.78, 5) is 3.84. The third-order valence-electron chi connectivity index (χ3n) is 2.55. The van der Waals surface area contributed by atoms with Gasteiger partial charge in [-0.2, -0.15) is 13.2 Å². The van der Waals surface area contributed by atoms with E-state index in [1.807, 2.05) is 0 Å². The van der Waals surface area contributed by atoms with Crippen LogP contribution in [0.5, 0.6) is 5.75 Å². The molecule has 2 aromatic rings. The highest BCUT2D eigenvalue weighted by molar-refractivity contribution is 7.15. The number of thiazole rings is 1. The lowest BCUT2D eigenvalue weighted by molar-refractivity contribution is -0.137. The molecule has 0 spiro atoms. The Balaban J connectivity index is 2.44. The number of rotatable bonds is 3. The average Bonchev–Trinajstić information content (AvgIpc) is 2.87. The van der Waals surface area contributed by atoms with E-state index in [0.717, 1.165) is 5.56 Å². The molecule has 2 rings (SSSR count). The Kier molecular flexibility index (Phi) is 3.77. The zero-order chi connectivity index (χ0) is 14.0. The highest BCUT2D eigenvalue weighted by Gasteiger charge is 2.34. The van der Waals surface area contributed by atoms with E-state index in [9.17, 15) is 13.2 Å². The van der Waals surface area contributed by atoms with Crippen molar-refractivity contribution in [3.63, 3.8) is 0 Å². The third kappa shape index (κ3) is 2.87. The van der Waals surface area contributed by atoms with E-state index in [1.54, 1.807) is 18.2 Å². The van der Waals surface area contributed by atoms with Crippen LogP contribution in [0.2, 0.25) is 0 Å². The summed E-state index contributed by atoms with van der Waals surface area (Å²) < 4.78 is 42.6. The van der Waals surface area contributed by atoms with Crippen LogP contribution in [-0.4, -0.2) is 12.1 Å². The molecule has 0 unspecified atom stereocenters. The maximum absolute atomic E-state index is 12.5. The molecule has 19 heavy (non-hydrogen) atoms. The van der Waals surface area contributed by atoms with Crippen LogP contribution in [0.25, 0.3) is 10.4 Å². The van der Waals surface area contributed by atoms with Crippen LogP contribution >= 0.6 is 11.3 Å². The van der Waals surface area contributed by atoms with Gasteiger partial charge in [-0.15, -0.1) is 11.3 Å². The maximum atomic E-state index is 12.5. The van der Waals surface area contributed by atoms with E-state index < -0.39 is 11.2 Å². The lowest BCUT2D eigenvalue weighted by atomic mass is 10.1. The Bertz CT molecular complexity index is 581. The number of ether oxygens (including phenoxy) is 1. The van der Waals surface area contributed by atoms with E-state index in [1.165, 1.54) is 13.3 Å². The molecule has 0 radical (unpaired) electrons. The van der Waals surface area contributed by atoms with Crippen molar-refractivity contribution in [3.05, 3.63) is 35.0 Å². The molecule has 0 aliphatic heterocycles. The summed E-state index contributed by atoms with van der Waals surface area (Å²) in [5, 5.41) is -0.860. The number of nitrogens with two attached hydrogens (primary N) is 1. The van der Waals surface area contributed by atoms with Gasteiger partial charge in [-0.3, -0.25) is 0 Å². The van der Waals surface area contributed by atoms with Crippen LogP contribution in [-0.2, 0) is 12.7 Å². The Morgan fingerprint density at radius 1 is 1.37 bits per heavy atom. The zero-order valence-electron chi connectivity index (χ0n) is 9.99. The van der Waals surface area contributed by atoms with Crippen LogP contribution in [0, 0.1) is 0 Å². The first-order chi connectivity index (χ1) is 8.95. The van der Waals surface area contributed by atoms with Crippen LogP contribution in [0.15, 0.2) is 24.4 Å². The molecular formula is C12H11F3N2OS. The molecule has 102 valence electrons.